The van der Waals surface area contributed by atoms with E-state index < -0.39 is 0 Å². The van der Waals surface area contributed by atoms with Crippen molar-refractivity contribution in [3.63, 3.8) is 0 Å². The molecule has 0 bridgehead atoms. The maximum Gasteiger partial charge on any atom is 0.0803 e. The zero-order valence-electron chi connectivity index (χ0n) is 9.60. The van der Waals surface area contributed by atoms with Crippen molar-refractivity contribution in [3.05, 3.63) is 0 Å². The third-order valence-corrected chi connectivity index (χ3v) is 2.88. The van der Waals surface area contributed by atoms with Crippen LogP contribution >= 0.6 is 0 Å². The minimum absolute atomic E-state index is 0.0653. The third-order valence-electron chi connectivity index (χ3n) is 2.88. The first-order chi connectivity index (χ1) is 6.14. The summed E-state index contributed by atoms with van der Waals surface area (Å²) in [6.45, 7) is 10.1. The largest absolute Gasteiger partial charge is 0.374 e. The molecule has 0 heterocycles. The Labute approximate surface area is 82.8 Å². The van der Waals surface area contributed by atoms with Gasteiger partial charge in [-0.05, 0) is 25.7 Å². The van der Waals surface area contributed by atoms with Gasteiger partial charge in [0, 0.05) is 13.2 Å². The van der Waals surface area contributed by atoms with Crippen molar-refractivity contribution < 1.29 is 4.74 Å². The normalized spacial score (nSPS) is 18.2. The molecule has 0 aromatic rings. The summed E-state index contributed by atoms with van der Waals surface area (Å²) in [5, 5.41) is 0. The highest BCUT2D eigenvalue weighted by Gasteiger charge is 2.28. The highest BCUT2D eigenvalue weighted by atomic mass is 16.5. The summed E-state index contributed by atoms with van der Waals surface area (Å²) < 4.78 is 5.78. The quantitative estimate of drug-likeness (QED) is 0.665. The second-order valence-electron chi connectivity index (χ2n) is 3.89. The molecule has 2 heteroatoms. The molecule has 0 saturated heterocycles. The van der Waals surface area contributed by atoms with Crippen LogP contribution in [0.1, 0.15) is 47.0 Å². The van der Waals surface area contributed by atoms with Crippen LogP contribution < -0.4 is 5.73 Å². The van der Waals surface area contributed by atoms with Crippen LogP contribution in [-0.2, 0) is 4.74 Å². The van der Waals surface area contributed by atoms with E-state index in [1.165, 1.54) is 6.42 Å². The van der Waals surface area contributed by atoms with Gasteiger partial charge >= 0.3 is 0 Å². The molecule has 2 nitrogen and oxygen atoms in total. The van der Waals surface area contributed by atoms with Gasteiger partial charge in [-0.1, -0.05) is 27.2 Å². The molecule has 0 saturated carbocycles. The molecule has 0 aromatic carbocycles. The van der Waals surface area contributed by atoms with E-state index in [0.717, 1.165) is 19.4 Å². The summed E-state index contributed by atoms with van der Waals surface area (Å²) in [5.41, 5.74) is 5.72. The highest BCUT2D eigenvalue weighted by molar-refractivity contribution is 4.82. The molecule has 0 radical (unpaired) electrons. The van der Waals surface area contributed by atoms with Gasteiger partial charge in [-0.15, -0.1) is 0 Å². The van der Waals surface area contributed by atoms with Gasteiger partial charge < -0.3 is 10.5 Å². The van der Waals surface area contributed by atoms with Crippen LogP contribution in [0.25, 0.3) is 0 Å². The fraction of sp³-hybridized carbons (Fsp3) is 1.00. The second kappa shape index (κ2) is 6.39. The molecular weight excluding hydrogens is 162 g/mol. The van der Waals surface area contributed by atoms with Gasteiger partial charge in [-0.3, -0.25) is 0 Å². The number of ether oxygens (including phenoxy) is 1. The van der Waals surface area contributed by atoms with Crippen LogP contribution in [0.3, 0.4) is 0 Å². The molecule has 80 valence electrons. The van der Waals surface area contributed by atoms with E-state index in [1.54, 1.807) is 0 Å². The Kier molecular flexibility index (Phi) is 6.35. The van der Waals surface area contributed by atoms with Gasteiger partial charge in [0.1, 0.15) is 0 Å². The van der Waals surface area contributed by atoms with Crippen LogP contribution in [0.4, 0.5) is 0 Å². The van der Waals surface area contributed by atoms with Gasteiger partial charge in [-0.2, -0.15) is 0 Å². The average Bonchev–Trinajstić information content (AvgIpc) is 2.17. The first-order valence-electron chi connectivity index (χ1n) is 5.48. The monoisotopic (exact) mass is 187 g/mol. The molecule has 2 N–H and O–H groups in total. The maximum atomic E-state index is 5.78. The fourth-order valence-electron chi connectivity index (χ4n) is 1.68. The number of rotatable bonds is 7. The van der Waals surface area contributed by atoms with E-state index in [4.69, 9.17) is 10.5 Å². The number of hydrogen-bond acceptors (Lipinski definition) is 2. The van der Waals surface area contributed by atoms with Crippen molar-refractivity contribution in [1.82, 2.24) is 0 Å². The lowest BCUT2D eigenvalue weighted by atomic mass is 9.87. The average molecular weight is 187 g/mol. The van der Waals surface area contributed by atoms with Crippen LogP contribution in [0, 0.1) is 5.92 Å². The van der Waals surface area contributed by atoms with Gasteiger partial charge in [0.25, 0.3) is 0 Å². The third kappa shape index (κ3) is 4.10. The Hall–Kier alpha value is -0.0800. The van der Waals surface area contributed by atoms with Crippen molar-refractivity contribution in [1.29, 1.82) is 0 Å². The fourth-order valence-corrected chi connectivity index (χ4v) is 1.68. The summed E-state index contributed by atoms with van der Waals surface area (Å²) >= 11 is 0. The van der Waals surface area contributed by atoms with Crippen molar-refractivity contribution in [2.75, 3.05) is 13.2 Å². The molecule has 0 amide bonds. The van der Waals surface area contributed by atoms with Crippen LogP contribution in [0.15, 0.2) is 0 Å². The summed E-state index contributed by atoms with van der Waals surface area (Å²) in [4.78, 5) is 0. The molecule has 2 unspecified atom stereocenters. The van der Waals surface area contributed by atoms with E-state index in [0.29, 0.717) is 12.5 Å². The Bertz CT molecular complexity index is 121. The Morgan fingerprint density at radius 1 is 1.31 bits per heavy atom. The zero-order valence-corrected chi connectivity index (χ0v) is 9.60. The molecule has 0 aliphatic carbocycles. The smallest absolute Gasteiger partial charge is 0.0803 e. The lowest BCUT2D eigenvalue weighted by Gasteiger charge is -2.33. The molecule has 0 aromatic heterocycles. The predicted octanol–water partition coefficient (Wildman–Crippen LogP) is 2.57. The lowest BCUT2D eigenvalue weighted by molar-refractivity contribution is -0.0506. The summed E-state index contributed by atoms with van der Waals surface area (Å²) in [5.74, 6) is 0.704. The first-order valence-corrected chi connectivity index (χ1v) is 5.48. The van der Waals surface area contributed by atoms with Gasteiger partial charge in [-0.25, -0.2) is 0 Å². The standard InChI is InChI=1S/C11H25NO/c1-5-10(4)8-11(6-2,9-12)13-7-3/h10H,5-9,12H2,1-4H3. The molecule has 0 rings (SSSR count). The van der Waals surface area contributed by atoms with Gasteiger partial charge in [0.05, 0.1) is 5.60 Å². The van der Waals surface area contributed by atoms with Crippen molar-refractivity contribution in [2.24, 2.45) is 11.7 Å². The minimum atomic E-state index is -0.0653. The number of nitrogens with two attached hydrogens (primary N) is 1. The first kappa shape index (κ1) is 12.9. The van der Waals surface area contributed by atoms with E-state index in [9.17, 15) is 0 Å². The Morgan fingerprint density at radius 3 is 2.23 bits per heavy atom. The molecule has 13 heavy (non-hydrogen) atoms. The van der Waals surface area contributed by atoms with E-state index in [1.807, 2.05) is 6.92 Å². The lowest BCUT2D eigenvalue weighted by Crippen LogP contribution is -2.41. The van der Waals surface area contributed by atoms with Crippen molar-refractivity contribution in [3.8, 4) is 0 Å². The molecule has 0 aliphatic heterocycles. The molecule has 0 spiro atoms. The van der Waals surface area contributed by atoms with Gasteiger partial charge in [0.15, 0.2) is 0 Å². The summed E-state index contributed by atoms with van der Waals surface area (Å²) in [6.07, 6.45) is 3.31. The van der Waals surface area contributed by atoms with Crippen LogP contribution in [0.2, 0.25) is 0 Å². The predicted molar refractivity (Wildman–Crippen MR) is 57.8 cm³/mol. The zero-order chi connectivity index (χ0) is 10.3. The molecular formula is C11H25NO. The molecule has 0 aliphatic rings. The topological polar surface area (TPSA) is 35.2 Å². The van der Waals surface area contributed by atoms with Crippen LogP contribution in [-0.4, -0.2) is 18.8 Å². The summed E-state index contributed by atoms with van der Waals surface area (Å²) in [7, 11) is 0. The van der Waals surface area contributed by atoms with Crippen LogP contribution in [0.5, 0.6) is 0 Å². The minimum Gasteiger partial charge on any atom is -0.374 e. The van der Waals surface area contributed by atoms with E-state index in [2.05, 4.69) is 20.8 Å². The number of hydrogen-bond donors (Lipinski definition) is 1. The SMILES string of the molecule is CCOC(CC)(CN)CC(C)CC. The Morgan fingerprint density at radius 2 is 1.92 bits per heavy atom. The van der Waals surface area contributed by atoms with Gasteiger partial charge in [0.2, 0.25) is 0 Å². The second-order valence-corrected chi connectivity index (χ2v) is 3.89. The van der Waals surface area contributed by atoms with E-state index in [-0.39, 0.29) is 5.60 Å². The van der Waals surface area contributed by atoms with Crippen molar-refractivity contribution in [2.45, 2.75) is 52.6 Å². The van der Waals surface area contributed by atoms with E-state index >= 15 is 0 Å². The highest BCUT2D eigenvalue weighted by Crippen LogP contribution is 2.25. The molecule has 0 fully saturated rings. The Balaban J connectivity index is 4.19. The maximum absolute atomic E-state index is 5.78. The van der Waals surface area contributed by atoms with Crippen molar-refractivity contribution >= 4 is 0 Å². The molecule has 2 atom stereocenters. The summed E-state index contributed by atoms with van der Waals surface area (Å²) in [6, 6.07) is 0.